The molecule has 2 nitrogen and oxygen atoms in total. The van der Waals surface area contributed by atoms with Gasteiger partial charge in [-0.05, 0) is 37.3 Å². The number of anilines is 1. The van der Waals surface area contributed by atoms with E-state index < -0.39 is 6.10 Å². The first-order valence-electron chi connectivity index (χ1n) is 6.81. The highest BCUT2D eigenvalue weighted by Gasteiger charge is 2.31. The summed E-state index contributed by atoms with van der Waals surface area (Å²) in [4.78, 5) is 3.83. The molecule has 0 spiro atoms. The first kappa shape index (κ1) is 12.7. The van der Waals surface area contributed by atoms with Gasteiger partial charge < -0.3 is 10.0 Å². The predicted octanol–water partition coefficient (Wildman–Crippen LogP) is 3.97. The number of hydrogen-bond acceptors (Lipinski definition) is 3. The molecule has 1 heterocycles. The summed E-state index contributed by atoms with van der Waals surface area (Å²) in [5.41, 5.74) is 2.22. The minimum Gasteiger partial charge on any atom is -0.389 e. The molecule has 0 amide bonds. The van der Waals surface area contributed by atoms with Gasteiger partial charge in [-0.2, -0.15) is 0 Å². The second-order valence-electron chi connectivity index (χ2n) is 5.17. The molecule has 0 radical (unpaired) electrons. The lowest BCUT2D eigenvalue weighted by Crippen LogP contribution is -2.26. The van der Waals surface area contributed by atoms with Crippen LogP contribution in [0.4, 0.5) is 5.69 Å². The van der Waals surface area contributed by atoms with Gasteiger partial charge in [-0.25, -0.2) is 0 Å². The number of benzene rings is 1. The number of hydrogen-bond donors (Lipinski definition) is 1. The predicted molar refractivity (Wildman–Crippen MR) is 80.6 cm³/mol. The number of rotatable bonds is 5. The van der Waals surface area contributed by atoms with E-state index in [1.54, 1.807) is 11.3 Å². The molecule has 2 aromatic rings. The first-order valence-corrected chi connectivity index (χ1v) is 7.69. The Hall–Kier alpha value is -1.32. The van der Waals surface area contributed by atoms with E-state index in [0.29, 0.717) is 6.04 Å². The van der Waals surface area contributed by atoms with Crippen LogP contribution in [0.15, 0.2) is 41.8 Å². The lowest BCUT2D eigenvalue weighted by Gasteiger charge is -2.27. The molecule has 0 unspecified atom stereocenters. The topological polar surface area (TPSA) is 23.5 Å². The molecule has 1 N–H and O–H groups in total. The van der Waals surface area contributed by atoms with E-state index in [-0.39, 0.29) is 0 Å². The number of aliphatic hydroxyl groups is 1. The fourth-order valence-electron chi connectivity index (χ4n) is 2.47. The number of nitrogens with zero attached hydrogens (tertiary/aromatic N) is 1. The zero-order valence-electron chi connectivity index (χ0n) is 11.1. The van der Waals surface area contributed by atoms with Gasteiger partial charge in [-0.15, -0.1) is 11.3 Å². The van der Waals surface area contributed by atoms with Gasteiger partial charge in [0, 0.05) is 22.2 Å². The highest BCUT2D eigenvalue weighted by atomic mass is 32.1. The Morgan fingerprint density at radius 2 is 2.05 bits per heavy atom. The van der Waals surface area contributed by atoms with E-state index >= 15 is 0 Å². The summed E-state index contributed by atoms with van der Waals surface area (Å²) in [6.07, 6.45) is 2.11. The van der Waals surface area contributed by atoms with Crippen molar-refractivity contribution in [2.75, 3.05) is 4.90 Å². The van der Waals surface area contributed by atoms with Crippen molar-refractivity contribution in [3.63, 3.8) is 0 Å². The van der Waals surface area contributed by atoms with Crippen molar-refractivity contribution in [2.24, 2.45) is 0 Å². The van der Waals surface area contributed by atoms with Crippen LogP contribution in [0.3, 0.4) is 0 Å². The first-order chi connectivity index (χ1) is 9.25. The van der Waals surface area contributed by atoms with Crippen molar-refractivity contribution in [3.8, 4) is 0 Å². The van der Waals surface area contributed by atoms with Gasteiger partial charge in [0.25, 0.3) is 0 Å². The SMILES string of the molecule is C[C@@H](O)c1ccccc1N(Cc1cccs1)C1CC1. The van der Waals surface area contributed by atoms with Gasteiger partial charge in [-0.3, -0.25) is 0 Å². The Labute approximate surface area is 118 Å². The molecule has 1 aliphatic carbocycles. The molecule has 0 bridgehead atoms. The minimum atomic E-state index is -0.416. The lowest BCUT2D eigenvalue weighted by molar-refractivity contribution is 0.199. The lowest BCUT2D eigenvalue weighted by atomic mass is 10.1. The maximum Gasteiger partial charge on any atom is 0.0781 e. The van der Waals surface area contributed by atoms with E-state index in [9.17, 15) is 5.11 Å². The van der Waals surface area contributed by atoms with Gasteiger partial charge in [-0.1, -0.05) is 24.3 Å². The molecule has 0 aliphatic heterocycles. The van der Waals surface area contributed by atoms with Crippen LogP contribution in [0.2, 0.25) is 0 Å². The maximum absolute atomic E-state index is 9.96. The van der Waals surface area contributed by atoms with Crippen molar-refractivity contribution in [2.45, 2.75) is 38.5 Å². The molecule has 1 aliphatic rings. The molecule has 3 rings (SSSR count). The fourth-order valence-corrected chi connectivity index (χ4v) is 3.17. The monoisotopic (exact) mass is 273 g/mol. The smallest absolute Gasteiger partial charge is 0.0781 e. The van der Waals surface area contributed by atoms with Crippen molar-refractivity contribution < 1.29 is 5.11 Å². The summed E-state index contributed by atoms with van der Waals surface area (Å²) in [5, 5.41) is 12.1. The molecule has 1 aromatic carbocycles. The van der Waals surface area contributed by atoms with E-state index in [4.69, 9.17) is 0 Å². The molecule has 0 saturated heterocycles. The van der Waals surface area contributed by atoms with Crippen molar-refractivity contribution >= 4 is 17.0 Å². The summed E-state index contributed by atoms with van der Waals surface area (Å²) in [7, 11) is 0. The van der Waals surface area contributed by atoms with Gasteiger partial charge in [0.1, 0.15) is 0 Å². The quantitative estimate of drug-likeness (QED) is 0.891. The van der Waals surface area contributed by atoms with E-state index in [0.717, 1.165) is 12.1 Å². The molecule has 19 heavy (non-hydrogen) atoms. The minimum absolute atomic E-state index is 0.416. The highest BCUT2D eigenvalue weighted by Crippen LogP contribution is 2.37. The summed E-state index contributed by atoms with van der Waals surface area (Å²) in [6.45, 7) is 2.79. The normalized spacial score (nSPS) is 16.3. The molecular formula is C16H19NOS. The summed E-state index contributed by atoms with van der Waals surface area (Å²) >= 11 is 1.80. The van der Waals surface area contributed by atoms with Crippen LogP contribution >= 0.6 is 11.3 Å². The standard InChI is InChI=1S/C16H19NOS/c1-12(18)15-6-2-3-7-16(15)17(13-8-9-13)11-14-5-4-10-19-14/h2-7,10,12-13,18H,8-9,11H2,1H3/t12-/m1/s1. The Bertz CT molecular complexity index is 531. The molecular weight excluding hydrogens is 254 g/mol. The van der Waals surface area contributed by atoms with E-state index in [1.165, 1.54) is 23.4 Å². The van der Waals surface area contributed by atoms with Gasteiger partial charge in [0.15, 0.2) is 0 Å². The highest BCUT2D eigenvalue weighted by molar-refractivity contribution is 7.09. The van der Waals surface area contributed by atoms with E-state index in [2.05, 4.69) is 34.5 Å². The van der Waals surface area contributed by atoms with Crippen LogP contribution < -0.4 is 4.90 Å². The average Bonchev–Trinajstić information content (AvgIpc) is 3.13. The number of thiophene rings is 1. The third-order valence-corrected chi connectivity index (χ3v) is 4.45. The Balaban J connectivity index is 1.92. The number of para-hydroxylation sites is 1. The Morgan fingerprint density at radius 3 is 2.68 bits per heavy atom. The third kappa shape index (κ3) is 2.82. The summed E-state index contributed by atoms with van der Waals surface area (Å²) in [5.74, 6) is 0. The Morgan fingerprint density at radius 1 is 1.26 bits per heavy atom. The van der Waals surface area contributed by atoms with Crippen LogP contribution in [0.1, 0.15) is 36.3 Å². The molecule has 3 heteroatoms. The van der Waals surface area contributed by atoms with Crippen molar-refractivity contribution in [1.29, 1.82) is 0 Å². The molecule has 1 atom stereocenters. The zero-order valence-corrected chi connectivity index (χ0v) is 11.9. The number of aliphatic hydroxyl groups excluding tert-OH is 1. The van der Waals surface area contributed by atoms with Crippen LogP contribution in [0.5, 0.6) is 0 Å². The second-order valence-corrected chi connectivity index (χ2v) is 6.21. The molecule has 1 aromatic heterocycles. The molecule has 1 saturated carbocycles. The van der Waals surface area contributed by atoms with Crippen LogP contribution in [0.25, 0.3) is 0 Å². The maximum atomic E-state index is 9.96. The van der Waals surface area contributed by atoms with Crippen molar-refractivity contribution in [1.82, 2.24) is 0 Å². The van der Waals surface area contributed by atoms with Gasteiger partial charge in [0.2, 0.25) is 0 Å². The summed E-state index contributed by atoms with van der Waals surface area (Å²) in [6, 6.07) is 13.2. The van der Waals surface area contributed by atoms with Gasteiger partial charge >= 0.3 is 0 Å². The molecule has 1 fully saturated rings. The van der Waals surface area contributed by atoms with Crippen LogP contribution in [-0.2, 0) is 6.54 Å². The van der Waals surface area contributed by atoms with Crippen LogP contribution in [-0.4, -0.2) is 11.1 Å². The third-order valence-electron chi connectivity index (χ3n) is 3.59. The van der Waals surface area contributed by atoms with Crippen molar-refractivity contribution in [3.05, 3.63) is 52.2 Å². The average molecular weight is 273 g/mol. The summed E-state index contributed by atoms with van der Waals surface area (Å²) < 4.78 is 0. The fraction of sp³-hybridized carbons (Fsp3) is 0.375. The van der Waals surface area contributed by atoms with Gasteiger partial charge in [0.05, 0.1) is 12.6 Å². The van der Waals surface area contributed by atoms with E-state index in [1.807, 2.05) is 19.1 Å². The largest absolute Gasteiger partial charge is 0.389 e. The van der Waals surface area contributed by atoms with Crippen LogP contribution in [0, 0.1) is 0 Å². The second kappa shape index (κ2) is 5.35. The Kier molecular flexibility index (Phi) is 3.58. The zero-order chi connectivity index (χ0) is 13.2. The molecule has 100 valence electrons.